The molecule has 1 rings (SSSR count). The Morgan fingerprint density at radius 3 is 2.58 bits per heavy atom. The van der Waals surface area contributed by atoms with Gasteiger partial charge < -0.3 is 25.6 Å². The van der Waals surface area contributed by atoms with Gasteiger partial charge in [0, 0.05) is 6.07 Å². The number of methoxy groups -OCH3 is 2. The molecular weight excluding hydrogens is 252 g/mol. The van der Waals surface area contributed by atoms with Crippen molar-refractivity contribution in [3.63, 3.8) is 0 Å². The second-order valence-corrected chi connectivity index (χ2v) is 3.76. The molecule has 0 saturated carbocycles. The summed E-state index contributed by atoms with van der Waals surface area (Å²) in [7, 11) is 2.96. The summed E-state index contributed by atoms with van der Waals surface area (Å²) in [6, 6.07) is 3.62. The van der Waals surface area contributed by atoms with E-state index >= 15 is 0 Å². The number of rotatable bonds is 6. The molecule has 1 aromatic rings. The normalized spacial score (nSPS) is 11.5. The summed E-state index contributed by atoms with van der Waals surface area (Å²) in [4.78, 5) is 22.2. The first-order valence-electron chi connectivity index (χ1n) is 5.48. The van der Waals surface area contributed by atoms with Crippen molar-refractivity contribution in [1.82, 2.24) is 0 Å². The van der Waals surface area contributed by atoms with E-state index in [1.165, 1.54) is 14.2 Å². The molecule has 0 radical (unpaired) electrons. The summed E-state index contributed by atoms with van der Waals surface area (Å²) >= 11 is 0. The zero-order valence-corrected chi connectivity index (χ0v) is 10.7. The number of nitrogens with one attached hydrogen (secondary N) is 1. The Hall–Kier alpha value is -2.28. The summed E-state index contributed by atoms with van der Waals surface area (Å²) in [6.07, 6.45) is -0.315. The molecule has 1 amide bonds. The maximum atomic E-state index is 11.6. The number of amides is 1. The van der Waals surface area contributed by atoms with Crippen LogP contribution in [0.4, 0.5) is 5.69 Å². The molecule has 1 atom stereocenters. The SMILES string of the molecule is COc1ccc(NC(=O)CC(N)C(=O)O)c(OC)c1. The lowest BCUT2D eigenvalue weighted by Gasteiger charge is -2.12. The molecule has 19 heavy (non-hydrogen) atoms. The van der Waals surface area contributed by atoms with Gasteiger partial charge in [0.05, 0.1) is 26.3 Å². The average molecular weight is 268 g/mol. The summed E-state index contributed by atoms with van der Waals surface area (Å²) < 4.78 is 10.1. The van der Waals surface area contributed by atoms with Crippen LogP contribution < -0.4 is 20.5 Å². The van der Waals surface area contributed by atoms with E-state index < -0.39 is 17.9 Å². The van der Waals surface area contributed by atoms with E-state index in [-0.39, 0.29) is 6.42 Å². The third kappa shape index (κ3) is 4.14. The highest BCUT2D eigenvalue weighted by atomic mass is 16.5. The van der Waals surface area contributed by atoms with Gasteiger partial charge in [-0.25, -0.2) is 0 Å². The fraction of sp³-hybridized carbons (Fsp3) is 0.333. The number of hydrogen-bond acceptors (Lipinski definition) is 5. The van der Waals surface area contributed by atoms with Gasteiger partial charge in [-0.3, -0.25) is 9.59 Å². The van der Waals surface area contributed by atoms with Gasteiger partial charge in [0.1, 0.15) is 17.5 Å². The number of hydrogen-bond donors (Lipinski definition) is 3. The molecule has 0 spiro atoms. The zero-order valence-electron chi connectivity index (χ0n) is 10.7. The quantitative estimate of drug-likeness (QED) is 0.690. The van der Waals surface area contributed by atoms with Crippen LogP contribution in [0.5, 0.6) is 11.5 Å². The molecule has 0 aliphatic heterocycles. The number of aliphatic carboxylic acids is 1. The Bertz CT molecular complexity index is 475. The molecular formula is C12H16N2O5. The van der Waals surface area contributed by atoms with Crippen LogP contribution in [0, 0.1) is 0 Å². The number of carbonyl (C=O) groups excluding carboxylic acids is 1. The van der Waals surface area contributed by atoms with Crippen LogP contribution in [0.2, 0.25) is 0 Å². The molecule has 0 bridgehead atoms. The molecule has 0 fully saturated rings. The van der Waals surface area contributed by atoms with Crippen molar-refractivity contribution in [2.75, 3.05) is 19.5 Å². The van der Waals surface area contributed by atoms with Crippen LogP contribution in [0.3, 0.4) is 0 Å². The molecule has 0 saturated heterocycles. The molecule has 104 valence electrons. The number of ether oxygens (including phenoxy) is 2. The van der Waals surface area contributed by atoms with Gasteiger partial charge in [-0.05, 0) is 12.1 Å². The maximum absolute atomic E-state index is 11.6. The second-order valence-electron chi connectivity index (χ2n) is 3.76. The molecule has 0 aliphatic carbocycles. The van der Waals surface area contributed by atoms with E-state index in [1.807, 2.05) is 0 Å². The van der Waals surface area contributed by atoms with E-state index in [0.717, 1.165) is 0 Å². The number of carbonyl (C=O) groups is 2. The lowest BCUT2D eigenvalue weighted by atomic mass is 10.2. The van der Waals surface area contributed by atoms with Gasteiger partial charge in [0.15, 0.2) is 0 Å². The minimum Gasteiger partial charge on any atom is -0.497 e. The van der Waals surface area contributed by atoms with Crippen molar-refractivity contribution in [3.8, 4) is 11.5 Å². The lowest BCUT2D eigenvalue weighted by Crippen LogP contribution is -2.34. The zero-order chi connectivity index (χ0) is 14.4. The topological polar surface area (TPSA) is 111 Å². The highest BCUT2D eigenvalue weighted by Gasteiger charge is 2.17. The smallest absolute Gasteiger partial charge is 0.321 e. The predicted molar refractivity (Wildman–Crippen MR) is 68.4 cm³/mol. The summed E-state index contributed by atoms with van der Waals surface area (Å²) in [5, 5.41) is 11.2. The summed E-state index contributed by atoms with van der Waals surface area (Å²) in [5.41, 5.74) is 5.70. The van der Waals surface area contributed by atoms with Crippen LogP contribution in [-0.2, 0) is 9.59 Å². The van der Waals surface area contributed by atoms with E-state index in [4.69, 9.17) is 20.3 Å². The Morgan fingerprint density at radius 2 is 2.05 bits per heavy atom. The second kappa shape index (κ2) is 6.60. The van der Waals surface area contributed by atoms with Crippen molar-refractivity contribution in [2.45, 2.75) is 12.5 Å². The van der Waals surface area contributed by atoms with Gasteiger partial charge in [-0.2, -0.15) is 0 Å². The fourth-order valence-corrected chi connectivity index (χ4v) is 1.39. The van der Waals surface area contributed by atoms with Gasteiger partial charge in [-0.1, -0.05) is 0 Å². The maximum Gasteiger partial charge on any atom is 0.321 e. The molecule has 4 N–H and O–H groups in total. The first kappa shape index (κ1) is 14.8. The first-order valence-corrected chi connectivity index (χ1v) is 5.48. The van der Waals surface area contributed by atoms with Crippen molar-refractivity contribution in [3.05, 3.63) is 18.2 Å². The summed E-state index contributed by atoms with van der Waals surface area (Å²) in [5.74, 6) is -0.733. The lowest BCUT2D eigenvalue weighted by molar-refractivity contribution is -0.140. The Labute approximate surface area is 110 Å². The number of carboxylic acid groups (broad SMARTS) is 1. The minimum atomic E-state index is -1.23. The molecule has 0 heterocycles. The van der Waals surface area contributed by atoms with Crippen molar-refractivity contribution in [2.24, 2.45) is 5.73 Å². The average Bonchev–Trinajstić information content (AvgIpc) is 2.38. The third-order valence-corrected chi connectivity index (χ3v) is 2.41. The fourth-order valence-electron chi connectivity index (χ4n) is 1.39. The number of carboxylic acids is 1. The van der Waals surface area contributed by atoms with Crippen LogP contribution in [0.15, 0.2) is 18.2 Å². The largest absolute Gasteiger partial charge is 0.497 e. The highest BCUT2D eigenvalue weighted by Crippen LogP contribution is 2.29. The Balaban J connectivity index is 2.76. The predicted octanol–water partition coefficient (Wildman–Crippen LogP) is 0.444. The number of nitrogens with two attached hydrogens (primary N) is 1. The van der Waals surface area contributed by atoms with Crippen molar-refractivity contribution < 1.29 is 24.2 Å². The van der Waals surface area contributed by atoms with E-state index in [9.17, 15) is 9.59 Å². The third-order valence-electron chi connectivity index (χ3n) is 2.41. The van der Waals surface area contributed by atoms with Crippen LogP contribution in [0.25, 0.3) is 0 Å². The minimum absolute atomic E-state index is 0.315. The van der Waals surface area contributed by atoms with Crippen molar-refractivity contribution in [1.29, 1.82) is 0 Å². The molecule has 0 aliphatic rings. The highest BCUT2D eigenvalue weighted by molar-refractivity contribution is 5.95. The molecule has 1 aromatic carbocycles. The molecule has 1 unspecified atom stereocenters. The van der Waals surface area contributed by atoms with E-state index in [0.29, 0.717) is 17.2 Å². The standard InChI is InChI=1S/C12H16N2O5/c1-18-7-3-4-9(10(5-7)19-2)14-11(15)6-8(13)12(16)17/h3-5,8H,6,13H2,1-2H3,(H,14,15)(H,16,17). The van der Waals surface area contributed by atoms with E-state index in [2.05, 4.69) is 5.32 Å². The van der Waals surface area contributed by atoms with Crippen LogP contribution in [-0.4, -0.2) is 37.2 Å². The van der Waals surface area contributed by atoms with Crippen molar-refractivity contribution >= 4 is 17.6 Å². The van der Waals surface area contributed by atoms with Crippen LogP contribution >= 0.6 is 0 Å². The Morgan fingerprint density at radius 1 is 1.37 bits per heavy atom. The molecule has 7 heteroatoms. The molecule has 0 aromatic heterocycles. The van der Waals surface area contributed by atoms with Crippen LogP contribution in [0.1, 0.15) is 6.42 Å². The van der Waals surface area contributed by atoms with E-state index in [1.54, 1.807) is 18.2 Å². The first-order chi connectivity index (χ1) is 8.97. The number of anilines is 1. The number of benzene rings is 1. The van der Waals surface area contributed by atoms with Gasteiger partial charge in [0.25, 0.3) is 0 Å². The monoisotopic (exact) mass is 268 g/mol. The van der Waals surface area contributed by atoms with Gasteiger partial charge in [-0.15, -0.1) is 0 Å². The van der Waals surface area contributed by atoms with Gasteiger partial charge in [0.2, 0.25) is 5.91 Å². The molecule has 7 nitrogen and oxygen atoms in total. The van der Waals surface area contributed by atoms with Gasteiger partial charge >= 0.3 is 5.97 Å². The summed E-state index contributed by atoms with van der Waals surface area (Å²) in [6.45, 7) is 0. The Kier molecular flexibility index (Phi) is 5.13.